The molecule has 2 heterocycles. The maximum absolute atomic E-state index is 12.8. The molecule has 2 aliphatic carbocycles. The summed E-state index contributed by atoms with van der Waals surface area (Å²) in [7, 11) is 0. The third-order valence-electron chi connectivity index (χ3n) is 6.95. The fraction of sp³-hybridized carbons (Fsp3) is 0.714. The van der Waals surface area contributed by atoms with E-state index >= 15 is 0 Å². The Balaban J connectivity index is 1.59. The summed E-state index contributed by atoms with van der Waals surface area (Å²) in [6, 6.07) is 0. The van der Waals surface area contributed by atoms with Gasteiger partial charge in [-0.1, -0.05) is 12.5 Å². The number of carbonyl (C=O) groups is 2. The van der Waals surface area contributed by atoms with Gasteiger partial charge in [0.2, 0.25) is 0 Å². The van der Waals surface area contributed by atoms with Gasteiger partial charge in [0.1, 0.15) is 24.4 Å². The van der Waals surface area contributed by atoms with E-state index in [0.717, 1.165) is 12.0 Å². The highest BCUT2D eigenvalue weighted by molar-refractivity contribution is 6.11. The number of esters is 1. The van der Waals surface area contributed by atoms with Crippen molar-refractivity contribution in [1.82, 2.24) is 0 Å². The third kappa shape index (κ3) is 3.24. The largest absolute Gasteiger partial charge is 0.449 e. The number of hydrogen-bond donors (Lipinski definition) is 4. The molecule has 4 rings (SSSR count). The van der Waals surface area contributed by atoms with Crippen LogP contribution in [-0.2, 0) is 23.8 Å². The van der Waals surface area contributed by atoms with Crippen LogP contribution >= 0.6 is 0 Å². The number of carbonyl (C=O) groups excluding carboxylic acids is 2. The first-order valence-corrected chi connectivity index (χ1v) is 10.3. The van der Waals surface area contributed by atoms with E-state index in [1.807, 2.05) is 13.8 Å². The fourth-order valence-electron chi connectivity index (χ4n) is 5.07. The second-order valence-electron chi connectivity index (χ2n) is 8.74. The molecule has 2 bridgehead atoms. The molecule has 0 aromatic rings. The van der Waals surface area contributed by atoms with Gasteiger partial charge in [0.05, 0.1) is 19.1 Å². The second-order valence-corrected chi connectivity index (χ2v) is 8.74. The molecule has 0 saturated carbocycles. The first kappa shape index (κ1) is 21.6. The quantitative estimate of drug-likeness (QED) is 0.433. The highest BCUT2D eigenvalue weighted by atomic mass is 16.7. The van der Waals surface area contributed by atoms with Gasteiger partial charge in [-0.05, 0) is 38.2 Å². The van der Waals surface area contributed by atoms with E-state index in [1.54, 1.807) is 0 Å². The predicted octanol–water partition coefficient (Wildman–Crippen LogP) is -0.640. The van der Waals surface area contributed by atoms with Crippen molar-refractivity contribution in [3.8, 4) is 0 Å². The number of aliphatic hydroxyl groups is 4. The van der Waals surface area contributed by atoms with Gasteiger partial charge in [-0.2, -0.15) is 0 Å². The molecular weight excluding hydrogens is 396 g/mol. The Bertz CT molecular complexity index is 800. The molecule has 4 N–H and O–H groups in total. The summed E-state index contributed by atoms with van der Waals surface area (Å²) in [4.78, 5) is 25.4. The standard InChI is InChI=1S/C21H28O9/c1-9-3-4-11-6-21(30-19(27)10(11)2)12(5-13(23)15(9)21)8-28-20-18(26)17(25)16(24)14(7-22)29-20/h5,10-11,14,16-18,20,22,24-26H,3-4,6-8H2,1-2H3/t10-,11+,14+,16+,17-,18+,20+,21-/m0/s1. The average Bonchev–Trinajstić information content (AvgIpc) is 2.89. The van der Waals surface area contributed by atoms with Gasteiger partial charge in [0.15, 0.2) is 17.7 Å². The van der Waals surface area contributed by atoms with Crippen LogP contribution in [0.3, 0.4) is 0 Å². The van der Waals surface area contributed by atoms with Gasteiger partial charge in [-0.15, -0.1) is 0 Å². The van der Waals surface area contributed by atoms with Crippen LogP contribution in [0, 0.1) is 11.8 Å². The van der Waals surface area contributed by atoms with E-state index in [0.29, 0.717) is 24.0 Å². The van der Waals surface area contributed by atoms with E-state index < -0.39 is 42.9 Å². The summed E-state index contributed by atoms with van der Waals surface area (Å²) in [6.45, 7) is 2.97. The molecule has 8 atom stereocenters. The van der Waals surface area contributed by atoms with Crippen LogP contribution in [0.1, 0.15) is 33.1 Å². The minimum absolute atomic E-state index is 0.0697. The number of fused-ring (bicyclic) bond motifs is 1. The van der Waals surface area contributed by atoms with Gasteiger partial charge in [0.25, 0.3) is 0 Å². The molecule has 0 radical (unpaired) electrons. The predicted molar refractivity (Wildman–Crippen MR) is 101 cm³/mol. The summed E-state index contributed by atoms with van der Waals surface area (Å²) in [5.74, 6) is -0.763. The maximum atomic E-state index is 12.8. The highest BCUT2D eigenvalue weighted by Gasteiger charge is 2.57. The Kier molecular flexibility index (Phi) is 5.63. The van der Waals surface area contributed by atoms with Gasteiger partial charge in [-0.3, -0.25) is 9.59 Å². The van der Waals surface area contributed by atoms with Crippen molar-refractivity contribution in [2.75, 3.05) is 13.2 Å². The monoisotopic (exact) mass is 424 g/mol. The summed E-state index contributed by atoms with van der Waals surface area (Å²) >= 11 is 0. The third-order valence-corrected chi connectivity index (χ3v) is 6.95. The molecule has 2 fully saturated rings. The molecule has 9 nitrogen and oxygen atoms in total. The Labute approximate surface area is 173 Å². The molecule has 0 unspecified atom stereocenters. The van der Waals surface area contributed by atoms with E-state index in [9.17, 15) is 30.0 Å². The molecular formula is C21H28O9. The molecule has 30 heavy (non-hydrogen) atoms. The van der Waals surface area contributed by atoms with E-state index in [-0.39, 0.29) is 30.2 Å². The van der Waals surface area contributed by atoms with Crippen LogP contribution in [0.2, 0.25) is 0 Å². The van der Waals surface area contributed by atoms with Crippen molar-refractivity contribution in [3.63, 3.8) is 0 Å². The van der Waals surface area contributed by atoms with Gasteiger partial charge in [0, 0.05) is 11.1 Å². The molecule has 0 aromatic heterocycles. The number of aliphatic hydroxyl groups excluding tert-OH is 4. The first-order chi connectivity index (χ1) is 14.2. The molecule has 4 aliphatic rings. The number of allylic oxidation sites excluding steroid dienone is 2. The van der Waals surface area contributed by atoms with E-state index in [4.69, 9.17) is 14.2 Å². The van der Waals surface area contributed by atoms with Crippen LogP contribution in [0.25, 0.3) is 0 Å². The normalized spacial score (nSPS) is 43.8. The minimum atomic E-state index is -1.56. The van der Waals surface area contributed by atoms with Crippen molar-refractivity contribution in [2.45, 2.75) is 69.4 Å². The van der Waals surface area contributed by atoms with Crippen LogP contribution in [0.5, 0.6) is 0 Å². The Hall–Kier alpha value is -1.62. The Morgan fingerprint density at radius 1 is 1.20 bits per heavy atom. The number of ether oxygens (including phenoxy) is 3. The number of hydrogen-bond acceptors (Lipinski definition) is 9. The van der Waals surface area contributed by atoms with Crippen LogP contribution in [0.15, 0.2) is 22.8 Å². The van der Waals surface area contributed by atoms with E-state index in [2.05, 4.69) is 0 Å². The zero-order valence-corrected chi connectivity index (χ0v) is 17.0. The minimum Gasteiger partial charge on any atom is -0.449 e. The van der Waals surface area contributed by atoms with Gasteiger partial charge >= 0.3 is 5.97 Å². The Morgan fingerprint density at radius 3 is 2.63 bits per heavy atom. The molecule has 2 aliphatic heterocycles. The van der Waals surface area contributed by atoms with Crippen LogP contribution in [0.4, 0.5) is 0 Å². The van der Waals surface area contributed by atoms with Crippen molar-refractivity contribution in [1.29, 1.82) is 0 Å². The summed E-state index contributed by atoms with van der Waals surface area (Å²) in [5, 5.41) is 39.4. The van der Waals surface area contributed by atoms with Crippen LogP contribution in [-0.4, -0.2) is 81.7 Å². The van der Waals surface area contributed by atoms with Crippen molar-refractivity contribution in [2.24, 2.45) is 11.8 Å². The zero-order valence-electron chi connectivity index (χ0n) is 17.0. The summed E-state index contributed by atoms with van der Waals surface area (Å²) in [6.07, 6.45) is -3.63. The molecule has 9 heteroatoms. The van der Waals surface area contributed by atoms with Crippen molar-refractivity contribution < 1.29 is 44.2 Å². The number of ketones is 1. The lowest BCUT2D eigenvalue weighted by atomic mass is 9.75. The van der Waals surface area contributed by atoms with E-state index in [1.165, 1.54) is 6.08 Å². The average molecular weight is 424 g/mol. The molecule has 0 aromatic carbocycles. The molecule has 1 spiro atoms. The summed E-state index contributed by atoms with van der Waals surface area (Å²) in [5.41, 5.74) is 0.659. The molecule has 2 saturated heterocycles. The SMILES string of the molecule is CC1=C2C(=O)C=C(CO[C@@H]3O[C@H](CO)[C@@H](O)[C@H](O)[C@H]3O)[C@@]23C[C@@H](CC1)[C@H](C)C(=O)O3. The topological polar surface area (TPSA) is 143 Å². The smallest absolute Gasteiger partial charge is 0.310 e. The lowest BCUT2D eigenvalue weighted by Gasteiger charge is -2.43. The fourth-order valence-corrected chi connectivity index (χ4v) is 5.07. The summed E-state index contributed by atoms with van der Waals surface area (Å²) < 4.78 is 16.9. The zero-order chi connectivity index (χ0) is 21.8. The van der Waals surface area contributed by atoms with Crippen molar-refractivity contribution >= 4 is 11.8 Å². The first-order valence-electron chi connectivity index (χ1n) is 10.3. The lowest BCUT2D eigenvalue weighted by Crippen LogP contribution is -2.59. The maximum Gasteiger partial charge on any atom is 0.310 e. The number of rotatable bonds is 4. The highest BCUT2D eigenvalue weighted by Crippen LogP contribution is 2.51. The lowest BCUT2D eigenvalue weighted by molar-refractivity contribution is -0.299. The Morgan fingerprint density at radius 2 is 1.93 bits per heavy atom. The van der Waals surface area contributed by atoms with Gasteiger partial charge < -0.3 is 34.6 Å². The van der Waals surface area contributed by atoms with Gasteiger partial charge in [-0.25, -0.2) is 0 Å². The van der Waals surface area contributed by atoms with Crippen molar-refractivity contribution in [3.05, 3.63) is 22.8 Å². The van der Waals surface area contributed by atoms with Crippen LogP contribution < -0.4 is 0 Å². The molecule has 166 valence electrons. The second kappa shape index (κ2) is 7.81. The molecule has 0 amide bonds.